The van der Waals surface area contributed by atoms with E-state index in [0.29, 0.717) is 192 Å². The lowest BCUT2D eigenvalue weighted by molar-refractivity contribution is -0.137. The van der Waals surface area contributed by atoms with Crippen LogP contribution in [-0.2, 0) is 51.0 Å². The van der Waals surface area contributed by atoms with Gasteiger partial charge in [-0.15, -0.1) is 16.6 Å². The molecular weight excluding hydrogens is 1180 g/mol. The molecule has 0 aromatic carbocycles. The van der Waals surface area contributed by atoms with Crippen molar-refractivity contribution in [1.29, 1.82) is 0 Å². The minimum atomic E-state index is -0.848. The molecule has 28 nitrogen and oxygen atoms in total. The van der Waals surface area contributed by atoms with Crippen LogP contribution in [0.5, 0.6) is 0 Å². The Morgan fingerprint density at radius 2 is 0.957 bits per heavy atom. The highest BCUT2D eigenvalue weighted by molar-refractivity contribution is 5.80. The van der Waals surface area contributed by atoms with Crippen LogP contribution in [0.15, 0.2) is 12.4 Å². The summed E-state index contributed by atoms with van der Waals surface area (Å²) in [6.07, 6.45) is 32.0. The molecule has 2 fully saturated rings. The van der Waals surface area contributed by atoms with E-state index in [2.05, 4.69) is 52.3 Å². The van der Waals surface area contributed by atoms with Crippen molar-refractivity contribution >= 4 is 47.4 Å². The molecule has 3 aromatic rings. The summed E-state index contributed by atoms with van der Waals surface area (Å²) in [5.41, 5.74) is 12.7. The van der Waals surface area contributed by atoms with E-state index in [1.165, 1.54) is 0 Å². The molecule has 9 N–H and O–H groups in total. The molecule has 0 unspecified atom stereocenters. The first-order chi connectivity index (χ1) is 45.0. The number of rotatable bonds is 53. The number of aliphatic carboxylic acids is 1. The number of piperazine rings is 2. The standard InChI is InChI=1S/C64H110N18O10/c1-2-45-90-47-49-92-50-48-91-46-35-69-62-70-63(79-40-36-77(37-41-79)57(84)27-15-11-7-3-5-9-13-21-33-67-60(88)55(25-17-19-31-65)81-51-53(73-75-81)24-23-29-59(86)87)72-64(71-62)80-42-38-78(39-43-80)58(85)28-16-12-8-4-6-10-14-22-34-68-61(89)56(26-18-20-32-66)82-52-54(30-44-83)74-76-82/h1,51-52,55-56,83H,3-50,65-66H2,(H,67,88)(H,68,89)(H,86,87)(H,69,70,71,72)/t55-,56+/m0/s1. The zero-order valence-electron chi connectivity index (χ0n) is 55.0. The van der Waals surface area contributed by atoms with Crippen LogP contribution in [0.3, 0.4) is 0 Å². The van der Waals surface area contributed by atoms with E-state index in [1.807, 2.05) is 9.80 Å². The van der Waals surface area contributed by atoms with Crippen molar-refractivity contribution < 1.29 is 48.4 Å². The van der Waals surface area contributed by atoms with E-state index in [4.69, 9.17) is 52.2 Å². The molecule has 5 rings (SSSR count). The first kappa shape index (κ1) is 76.1. The lowest BCUT2D eigenvalue weighted by Crippen LogP contribution is -2.50. The molecule has 2 saturated heterocycles. The van der Waals surface area contributed by atoms with Crippen LogP contribution < -0.4 is 37.2 Å². The van der Waals surface area contributed by atoms with Crippen molar-refractivity contribution in [3.63, 3.8) is 0 Å². The van der Waals surface area contributed by atoms with Gasteiger partial charge in [0.15, 0.2) is 0 Å². The van der Waals surface area contributed by atoms with Crippen LogP contribution in [0.2, 0.25) is 0 Å². The maximum atomic E-state index is 13.4. The van der Waals surface area contributed by atoms with Crippen LogP contribution in [0.4, 0.5) is 17.8 Å². The second kappa shape index (κ2) is 47.3. The number of nitrogens with zero attached hydrogens (tertiary/aromatic N) is 13. The van der Waals surface area contributed by atoms with Gasteiger partial charge >= 0.3 is 5.97 Å². The fraction of sp³-hybridized carbons (Fsp3) is 0.781. The molecule has 0 saturated carbocycles. The van der Waals surface area contributed by atoms with Crippen LogP contribution in [0, 0.1) is 12.3 Å². The van der Waals surface area contributed by atoms with Gasteiger partial charge in [0, 0.05) is 117 Å². The molecule has 3 aromatic heterocycles. The number of terminal acetylenes is 1. The van der Waals surface area contributed by atoms with E-state index >= 15 is 0 Å². The number of aromatic nitrogens is 9. The quantitative estimate of drug-likeness (QED) is 0.0304. The van der Waals surface area contributed by atoms with Crippen molar-refractivity contribution in [2.75, 3.05) is 146 Å². The number of carboxylic acid groups (broad SMARTS) is 1. The zero-order chi connectivity index (χ0) is 65.6. The van der Waals surface area contributed by atoms with Gasteiger partial charge in [0.1, 0.15) is 18.7 Å². The number of nitrogens with one attached hydrogen (secondary N) is 3. The summed E-state index contributed by atoms with van der Waals surface area (Å²) in [6.45, 7) is 9.81. The maximum absolute atomic E-state index is 13.4. The summed E-state index contributed by atoms with van der Waals surface area (Å²) in [5, 5.41) is 44.3. The SMILES string of the molecule is C#CCOCCOCCOCCNc1nc(N2CCN(C(=O)CCCCCCCCCCNC(=O)[C@@H](CCCCN)n3cc(CCO)nn3)CC2)nc(N2CCN(C(=O)CCCCCCCCCCNC(=O)[C@H](CCCCN)n3cc(CCCC(=O)O)nn3)CC2)n1. The fourth-order valence-corrected chi connectivity index (χ4v) is 11.2. The van der Waals surface area contributed by atoms with Gasteiger partial charge in [0.2, 0.25) is 41.5 Å². The van der Waals surface area contributed by atoms with Crippen LogP contribution in [0.1, 0.15) is 190 Å². The van der Waals surface area contributed by atoms with Gasteiger partial charge in [0.25, 0.3) is 0 Å². The Kier molecular flexibility index (Phi) is 39.1. The van der Waals surface area contributed by atoms with Crippen molar-refractivity contribution in [2.45, 2.75) is 192 Å². The zero-order valence-corrected chi connectivity index (χ0v) is 55.0. The minimum Gasteiger partial charge on any atom is -0.481 e. The predicted octanol–water partition coefficient (Wildman–Crippen LogP) is 4.38. The monoisotopic (exact) mass is 1290 g/mol. The Labute approximate surface area is 545 Å². The van der Waals surface area contributed by atoms with Gasteiger partial charge in [-0.1, -0.05) is 93.4 Å². The van der Waals surface area contributed by atoms with Crippen LogP contribution in [-0.4, -0.2) is 226 Å². The number of hydrogen-bond acceptors (Lipinski definition) is 21. The highest BCUT2D eigenvalue weighted by Gasteiger charge is 2.28. The number of anilines is 3. The fourth-order valence-electron chi connectivity index (χ4n) is 11.2. The minimum absolute atomic E-state index is 0.0198. The van der Waals surface area contributed by atoms with Gasteiger partial charge in [-0.05, 0) is 90.1 Å². The summed E-state index contributed by atoms with van der Waals surface area (Å²) in [5.74, 6) is 3.30. The number of amides is 4. The predicted molar refractivity (Wildman–Crippen MR) is 352 cm³/mol. The van der Waals surface area contributed by atoms with E-state index in [9.17, 15) is 29.1 Å². The molecule has 516 valence electrons. The molecule has 0 bridgehead atoms. The van der Waals surface area contributed by atoms with Crippen molar-refractivity contribution in [3.05, 3.63) is 23.8 Å². The molecular formula is C64H110N18O10. The Hall–Kier alpha value is -6.64. The second-order valence-corrected chi connectivity index (χ2v) is 23.8. The number of carboxylic acids is 1. The number of ether oxygens (including phenoxy) is 3. The summed E-state index contributed by atoms with van der Waals surface area (Å²) in [4.78, 5) is 86.8. The average Bonchev–Trinajstić information content (AvgIpc) is 1.19. The number of carbonyl (C=O) groups excluding carboxylic acids is 4. The summed E-state index contributed by atoms with van der Waals surface area (Å²) < 4.78 is 19.8. The first-order valence-electron chi connectivity index (χ1n) is 34.3. The van der Waals surface area contributed by atoms with Crippen molar-refractivity contribution in [1.82, 2.24) is 65.4 Å². The Morgan fingerprint density at radius 3 is 1.40 bits per heavy atom. The molecule has 2 aliphatic heterocycles. The molecule has 2 aliphatic rings. The normalized spacial score (nSPS) is 14.1. The Bertz CT molecular complexity index is 2550. The number of hydrogen-bond donors (Lipinski definition) is 7. The van der Waals surface area contributed by atoms with E-state index < -0.39 is 18.1 Å². The average molecular weight is 1290 g/mol. The van der Waals surface area contributed by atoms with Gasteiger partial charge in [0.05, 0.1) is 44.4 Å². The Morgan fingerprint density at radius 1 is 0.522 bits per heavy atom. The van der Waals surface area contributed by atoms with Gasteiger partial charge in [-0.3, -0.25) is 24.0 Å². The van der Waals surface area contributed by atoms with Crippen LogP contribution >= 0.6 is 0 Å². The number of aliphatic hydroxyl groups excluding tert-OH is 1. The summed E-state index contributed by atoms with van der Waals surface area (Å²) >= 11 is 0. The van der Waals surface area contributed by atoms with E-state index in [-0.39, 0.29) is 43.3 Å². The number of aryl methyl sites for hydroxylation is 1. The van der Waals surface area contributed by atoms with Crippen molar-refractivity contribution in [3.8, 4) is 12.3 Å². The van der Waals surface area contributed by atoms with Crippen molar-refractivity contribution in [2.24, 2.45) is 11.5 Å². The van der Waals surface area contributed by atoms with Crippen LogP contribution in [0.25, 0.3) is 0 Å². The lowest BCUT2D eigenvalue weighted by Gasteiger charge is -2.36. The molecule has 4 amide bonds. The van der Waals surface area contributed by atoms with Gasteiger partial charge in [-0.25, -0.2) is 9.36 Å². The largest absolute Gasteiger partial charge is 0.481 e. The lowest BCUT2D eigenvalue weighted by atomic mass is 10.1. The molecule has 2 atom stereocenters. The summed E-state index contributed by atoms with van der Waals surface area (Å²) in [6, 6.07) is -0.930. The van der Waals surface area contributed by atoms with E-state index in [1.54, 1.807) is 21.8 Å². The molecule has 0 spiro atoms. The molecule has 5 heterocycles. The smallest absolute Gasteiger partial charge is 0.303 e. The number of aliphatic hydroxyl groups is 1. The maximum Gasteiger partial charge on any atom is 0.303 e. The third-order valence-corrected chi connectivity index (χ3v) is 16.5. The second-order valence-electron chi connectivity index (χ2n) is 23.8. The summed E-state index contributed by atoms with van der Waals surface area (Å²) in [7, 11) is 0. The first-order valence-corrected chi connectivity index (χ1v) is 34.3. The highest BCUT2D eigenvalue weighted by Crippen LogP contribution is 2.23. The molecule has 0 radical (unpaired) electrons. The van der Waals surface area contributed by atoms with Gasteiger partial charge in [-0.2, -0.15) is 15.0 Å². The molecule has 92 heavy (non-hydrogen) atoms. The number of unbranched alkanes of at least 4 members (excludes halogenated alkanes) is 16. The molecule has 0 aliphatic carbocycles. The third-order valence-electron chi connectivity index (χ3n) is 16.5. The van der Waals surface area contributed by atoms with Gasteiger partial charge < -0.3 is 71.4 Å². The van der Waals surface area contributed by atoms with E-state index in [0.717, 1.165) is 128 Å². The Balaban J connectivity index is 0.957. The third kappa shape index (κ3) is 30.9. The molecule has 28 heteroatoms. The number of carbonyl (C=O) groups is 5. The number of nitrogens with two attached hydrogens (primary N) is 2. The highest BCUT2D eigenvalue weighted by atomic mass is 16.5. The topological polar surface area (TPSA) is 355 Å².